The minimum atomic E-state index is 0.205. The Bertz CT molecular complexity index is 770. The Morgan fingerprint density at radius 1 is 1.19 bits per heavy atom. The van der Waals surface area contributed by atoms with Crippen molar-refractivity contribution in [3.63, 3.8) is 0 Å². The lowest BCUT2D eigenvalue weighted by atomic mass is 10.00. The number of amides is 1. The predicted molar refractivity (Wildman–Crippen MR) is 101 cm³/mol. The number of carbonyl (C=O) groups excluding carboxylic acids is 1. The maximum absolute atomic E-state index is 12.8. The topological polar surface area (TPSA) is 58.8 Å². The number of carbonyl (C=O) groups is 1. The first-order valence-electron chi connectivity index (χ1n) is 9.71. The van der Waals surface area contributed by atoms with Crippen LogP contribution in [-0.2, 0) is 16.0 Å². The van der Waals surface area contributed by atoms with Crippen LogP contribution < -0.4 is 0 Å². The first kappa shape index (κ1) is 18.2. The van der Waals surface area contributed by atoms with E-state index in [2.05, 4.69) is 34.3 Å². The van der Waals surface area contributed by atoms with Crippen LogP contribution in [0.5, 0.6) is 0 Å². The molecule has 2 aliphatic heterocycles. The second kappa shape index (κ2) is 7.82. The molecule has 2 aliphatic rings. The zero-order valence-corrected chi connectivity index (χ0v) is 16.1. The van der Waals surface area contributed by atoms with Crippen LogP contribution in [0.15, 0.2) is 34.9 Å². The number of aromatic nitrogens is 1. The molecule has 0 bridgehead atoms. The lowest BCUT2D eigenvalue weighted by Crippen LogP contribution is -2.60. The van der Waals surface area contributed by atoms with Gasteiger partial charge in [0.2, 0.25) is 5.91 Å². The fourth-order valence-electron chi connectivity index (χ4n) is 4.28. The highest BCUT2D eigenvalue weighted by Crippen LogP contribution is 2.29. The molecule has 2 atom stereocenters. The monoisotopic (exact) mass is 369 g/mol. The third kappa shape index (κ3) is 3.77. The Morgan fingerprint density at radius 3 is 2.74 bits per heavy atom. The van der Waals surface area contributed by atoms with E-state index in [0.29, 0.717) is 19.4 Å². The van der Waals surface area contributed by atoms with Gasteiger partial charge in [-0.1, -0.05) is 35.5 Å². The number of ether oxygens (including phenoxy) is 1. The third-order valence-electron chi connectivity index (χ3n) is 5.82. The zero-order chi connectivity index (χ0) is 18.8. The van der Waals surface area contributed by atoms with Crippen LogP contribution in [0.1, 0.15) is 35.0 Å². The number of hydrogen-bond donors (Lipinski definition) is 0. The van der Waals surface area contributed by atoms with Crippen LogP contribution in [0.2, 0.25) is 0 Å². The van der Waals surface area contributed by atoms with E-state index in [9.17, 15) is 4.79 Å². The molecule has 1 aromatic carbocycles. The number of aryl methyl sites for hydroxylation is 2. The molecule has 2 fully saturated rings. The van der Waals surface area contributed by atoms with Crippen molar-refractivity contribution in [3.05, 3.63) is 52.9 Å². The van der Waals surface area contributed by atoms with Crippen molar-refractivity contribution < 1.29 is 14.1 Å². The Hall–Kier alpha value is -2.18. The number of fused-ring (bicyclic) bond motifs is 1. The van der Waals surface area contributed by atoms with Gasteiger partial charge in [0.25, 0.3) is 0 Å². The van der Waals surface area contributed by atoms with Gasteiger partial charge in [-0.2, -0.15) is 0 Å². The summed E-state index contributed by atoms with van der Waals surface area (Å²) in [7, 11) is 0. The van der Waals surface area contributed by atoms with Crippen LogP contribution >= 0.6 is 0 Å². The van der Waals surface area contributed by atoms with Crippen molar-refractivity contribution in [2.24, 2.45) is 0 Å². The SMILES string of the molecule is Cc1noc(C)c1CCC(=O)N1CCN2[C@@H](COC[C@@H]2c2ccccc2)C1. The molecule has 0 radical (unpaired) electrons. The number of rotatable bonds is 4. The molecule has 2 aromatic rings. The van der Waals surface area contributed by atoms with Gasteiger partial charge in [0.15, 0.2) is 0 Å². The second-order valence-electron chi connectivity index (χ2n) is 7.50. The number of nitrogens with zero attached hydrogens (tertiary/aromatic N) is 3. The first-order chi connectivity index (χ1) is 13.1. The summed E-state index contributed by atoms with van der Waals surface area (Å²) in [5, 5.41) is 3.97. The Labute approximate surface area is 160 Å². The highest BCUT2D eigenvalue weighted by atomic mass is 16.5. The molecule has 144 valence electrons. The summed E-state index contributed by atoms with van der Waals surface area (Å²) in [6.07, 6.45) is 1.19. The van der Waals surface area contributed by atoms with Crippen LogP contribution in [-0.4, -0.2) is 59.8 Å². The first-order valence-corrected chi connectivity index (χ1v) is 9.71. The smallest absolute Gasteiger partial charge is 0.223 e. The van der Waals surface area contributed by atoms with E-state index in [0.717, 1.165) is 43.3 Å². The van der Waals surface area contributed by atoms with Crippen LogP contribution in [0, 0.1) is 13.8 Å². The number of benzene rings is 1. The largest absolute Gasteiger partial charge is 0.378 e. The third-order valence-corrected chi connectivity index (χ3v) is 5.82. The van der Waals surface area contributed by atoms with Crippen molar-refractivity contribution in [2.45, 2.75) is 38.8 Å². The fraction of sp³-hybridized carbons (Fsp3) is 0.524. The Kier molecular flexibility index (Phi) is 5.27. The van der Waals surface area contributed by atoms with E-state index in [1.165, 1.54) is 5.56 Å². The average Bonchev–Trinajstić information content (AvgIpc) is 3.03. The molecule has 2 saturated heterocycles. The molecule has 1 amide bonds. The van der Waals surface area contributed by atoms with E-state index < -0.39 is 0 Å². The van der Waals surface area contributed by atoms with Gasteiger partial charge in [0.1, 0.15) is 5.76 Å². The number of morpholine rings is 1. The molecule has 0 saturated carbocycles. The number of piperazine rings is 1. The van der Waals surface area contributed by atoms with Gasteiger partial charge in [-0.25, -0.2) is 0 Å². The van der Waals surface area contributed by atoms with Crippen molar-refractivity contribution in [1.29, 1.82) is 0 Å². The molecule has 0 unspecified atom stereocenters. The van der Waals surface area contributed by atoms with Gasteiger partial charge in [0.05, 0.1) is 31.0 Å². The lowest BCUT2D eigenvalue weighted by molar-refractivity contribution is -0.140. The van der Waals surface area contributed by atoms with Crippen LogP contribution in [0.25, 0.3) is 0 Å². The molecule has 0 aliphatic carbocycles. The van der Waals surface area contributed by atoms with Crippen molar-refractivity contribution in [3.8, 4) is 0 Å². The molecular weight excluding hydrogens is 342 g/mol. The molecule has 0 N–H and O–H groups in total. The zero-order valence-electron chi connectivity index (χ0n) is 16.1. The highest BCUT2D eigenvalue weighted by molar-refractivity contribution is 5.76. The molecule has 27 heavy (non-hydrogen) atoms. The highest BCUT2D eigenvalue weighted by Gasteiger charge is 2.37. The standard InChI is InChI=1S/C21H27N3O3/c1-15-19(16(2)27-22-15)8-9-21(25)23-10-11-24-18(12-23)13-26-14-20(24)17-6-4-3-5-7-17/h3-7,18,20H,8-14H2,1-2H3/t18-,20-/m1/s1. The van der Waals surface area contributed by atoms with E-state index in [-0.39, 0.29) is 18.0 Å². The molecule has 4 rings (SSSR count). The summed E-state index contributed by atoms with van der Waals surface area (Å²) in [4.78, 5) is 17.3. The van der Waals surface area contributed by atoms with Gasteiger partial charge < -0.3 is 14.2 Å². The summed E-state index contributed by atoms with van der Waals surface area (Å²) < 4.78 is 11.1. The molecule has 3 heterocycles. The molecular formula is C21H27N3O3. The van der Waals surface area contributed by atoms with E-state index in [1.807, 2.05) is 24.8 Å². The second-order valence-corrected chi connectivity index (χ2v) is 7.50. The molecule has 1 aromatic heterocycles. The molecule has 6 nitrogen and oxygen atoms in total. The predicted octanol–water partition coefficient (Wildman–Crippen LogP) is 2.51. The van der Waals surface area contributed by atoms with Gasteiger partial charge in [-0.05, 0) is 25.8 Å². The fourth-order valence-corrected chi connectivity index (χ4v) is 4.28. The lowest BCUT2D eigenvalue weighted by Gasteiger charge is -2.48. The molecule has 0 spiro atoms. The maximum atomic E-state index is 12.8. The quantitative estimate of drug-likeness (QED) is 0.829. The molecule has 6 heteroatoms. The summed E-state index contributed by atoms with van der Waals surface area (Å²) >= 11 is 0. The summed E-state index contributed by atoms with van der Waals surface area (Å²) in [5.74, 6) is 1.02. The summed E-state index contributed by atoms with van der Waals surface area (Å²) in [6.45, 7) is 7.66. The van der Waals surface area contributed by atoms with Gasteiger partial charge in [-0.3, -0.25) is 9.69 Å². The summed E-state index contributed by atoms with van der Waals surface area (Å²) in [5.41, 5.74) is 3.24. The van der Waals surface area contributed by atoms with E-state index >= 15 is 0 Å². The summed E-state index contributed by atoms with van der Waals surface area (Å²) in [6, 6.07) is 11.1. The maximum Gasteiger partial charge on any atom is 0.223 e. The van der Waals surface area contributed by atoms with Crippen molar-refractivity contribution in [2.75, 3.05) is 32.8 Å². The van der Waals surface area contributed by atoms with E-state index in [1.54, 1.807) is 0 Å². The minimum absolute atomic E-state index is 0.205. The van der Waals surface area contributed by atoms with E-state index in [4.69, 9.17) is 9.26 Å². The van der Waals surface area contributed by atoms with Crippen LogP contribution in [0.4, 0.5) is 0 Å². The van der Waals surface area contributed by atoms with Gasteiger partial charge in [0, 0.05) is 31.6 Å². The Morgan fingerprint density at radius 2 is 2.00 bits per heavy atom. The Balaban J connectivity index is 1.37. The number of hydrogen-bond acceptors (Lipinski definition) is 5. The van der Waals surface area contributed by atoms with Gasteiger partial charge >= 0.3 is 0 Å². The van der Waals surface area contributed by atoms with Crippen LogP contribution in [0.3, 0.4) is 0 Å². The van der Waals surface area contributed by atoms with Crippen molar-refractivity contribution >= 4 is 5.91 Å². The van der Waals surface area contributed by atoms with Gasteiger partial charge in [-0.15, -0.1) is 0 Å². The van der Waals surface area contributed by atoms with Crippen molar-refractivity contribution in [1.82, 2.24) is 15.0 Å². The average molecular weight is 369 g/mol. The normalized spacial score (nSPS) is 23.3. The minimum Gasteiger partial charge on any atom is -0.378 e.